The molecule has 5 heteroatoms. The van der Waals surface area contributed by atoms with Crippen molar-refractivity contribution in [2.24, 2.45) is 0 Å². The van der Waals surface area contributed by atoms with E-state index in [-0.39, 0.29) is 18.2 Å². The maximum atomic E-state index is 9.19. The standard InChI is InChI=1S/C15H16N4O/c16-10-14-15(18-8-7-17-14)19-11-13(6-9-20)12-4-2-1-3-5-12/h1-5,7-8,13,20H,6,9,11H2,(H,18,19). The lowest BCUT2D eigenvalue weighted by molar-refractivity contribution is 0.277. The number of aliphatic hydroxyl groups is 1. The normalized spacial score (nSPS) is 11.6. The van der Waals surface area contributed by atoms with Crippen molar-refractivity contribution in [2.45, 2.75) is 12.3 Å². The molecule has 1 atom stereocenters. The van der Waals surface area contributed by atoms with E-state index in [2.05, 4.69) is 15.3 Å². The van der Waals surface area contributed by atoms with Gasteiger partial charge in [-0.25, -0.2) is 9.97 Å². The van der Waals surface area contributed by atoms with Crippen LogP contribution >= 0.6 is 0 Å². The second-order valence-corrected chi connectivity index (χ2v) is 4.37. The van der Waals surface area contributed by atoms with Crippen molar-refractivity contribution >= 4 is 5.82 Å². The van der Waals surface area contributed by atoms with Crippen LogP contribution in [-0.2, 0) is 0 Å². The third kappa shape index (κ3) is 3.53. The van der Waals surface area contributed by atoms with Gasteiger partial charge in [0.05, 0.1) is 0 Å². The highest BCUT2D eigenvalue weighted by Crippen LogP contribution is 2.20. The fourth-order valence-electron chi connectivity index (χ4n) is 2.04. The van der Waals surface area contributed by atoms with Gasteiger partial charge in [-0.1, -0.05) is 30.3 Å². The van der Waals surface area contributed by atoms with E-state index in [0.717, 1.165) is 5.56 Å². The zero-order chi connectivity index (χ0) is 14.2. The van der Waals surface area contributed by atoms with Crippen molar-refractivity contribution in [2.75, 3.05) is 18.5 Å². The summed E-state index contributed by atoms with van der Waals surface area (Å²) in [4.78, 5) is 8.08. The van der Waals surface area contributed by atoms with Crippen LogP contribution in [0.3, 0.4) is 0 Å². The summed E-state index contributed by atoms with van der Waals surface area (Å²) in [5, 5.41) is 21.3. The van der Waals surface area contributed by atoms with Crippen molar-refractivity contribution in [1.82, 2.24) is 9.97 Å². The molecule has 2 N–H and O–H groups in total. The zero-order valence-corrected chi connectivity index (χ0v) is 11.0. The first kappa shape index (κ1) is 14.0. The van der Waals surface area contributed by atoms with Crippen LogP contribution in [0.25, 0.3) is 0 Å². The number of hydrogen-bond acceptors (Lipinski definition) is 5. The average molecular weight is 268 g/mol. The van der Waals surface area contributed by atoms with Gasteiger partial charge < -0.3 is 10.4 Å². The molecule has 1 heterocycles. The zero-order valence-electron chi connectivity index (χ0n) is 11.0. The van der Waals surface area contributed by atoms with E-state index >= 15 is 0 Å². The lowest BCUT2D eigenvalue weighted by atomic mass is 9.96. The van der Waals surface area contributed by atoms with Crippen LogP contribution in [0.4, 0.5) is 5.82 Å². The Labute approximate surface area is 117 Å². The minimum atomic E-state index is 0.118. The summed E-state index contributed by atoms with van der Waals surface area (Å²) >= 11 is 0. The van der Waals surface area contributed by atoms with Gasteiger partial charge >= 0.3 is 0 Å². The Morgan fingerprint density at radius 1 is 1.20 bits per heavy atom. The Hall–Kier alpha value is -2.45. The molecule has 1 aromatic carbocycles. The summed E-state index contributed by atoms with van der Waals surface area (Å²) in [6, 6.07) is 12.0. The highest BCUT2D eigenvalue weighted by Gasteiger charge is 2.12. The summed E-state index contributed by atoms with van der Waals surface area (Å²) in [5.74, 6) is 0.642. The van der Waals surface area contributed by atoms with Gasteiger partial charge in [-0.05, 0) is 12.0 Å². The van der Waals surface area contributed by atoms with Gasteiger partial charge in [0.25, 0.3) is 0 Å². The largest absolute Gasteiger partial charge is 0.396 e. The molecule has 0 bridgehead atoms. The fourth-order valence-corrected chi connectivity index (χ4v) is 2.04. The van der Waals surface area contributed by atoms with Gasteiger partial charge in [0.1, 0.15) is 6.07 Å². The lowest BCUT2D eigenvalue weighted by Gasteiger charge is -2.17. The van der Waals surface area contributed by atoms with Crippen molar-refractivity contribution in [3.05, 3.63) is 54.0 Å². The Kier molecular flexibility index (Phi) is 5.04. The van der Waals surface area contributed by atoms with E-state index in [1.165, 1.54) is 6.20 Å². The lowest BCUT2D eigenvalue weighted by Crippen LogP contribution is -2.15. The van der Waals surface area contributed by atoms with Crippen LogP contribution in [0.2, 0.25) is 0 Å². The molecule has 1 unspecified atom stereocenters. The summed E-state index contributed by atoms with van der Waals surface area (Å²) < 4.78 is 0. The quantitative estimate of drug-likeness (QED) is 0.836. The van der Waals surface area contributed by atoms with E-state index in [0.29, 0.717) is 18.8 Å². The second kappa shape index (κ2) is 7.22. The van der Waals surface area contributed by atoms with E-state index < -0.39 is 0 Å². The number of nitriles is 1. The van der Waals surface area contributed by atoms with Crippen molar-refractivity contribution in [3.8, 4) is 6.07 Å². The van der Waals surface area contributed by atoms with E-state index in [1.54, 1.807) is 6.20 Å². The maximum absolute atomic E-state index is 9.19. The molecular formula is C15H16N4O. The number of aromatic nitrogens is 2. The predicted molar refractivity (Wildman–Crippen MR) is 76.1 cm³/mol. The molecule has 0 radical (unpaired) electrons. The number of hydrogen-bond donors (Lipinski definition) is 2. The van der Waals surface area contributed by atoms with E-state index in [4.69, 9.17) is 5.26 Å². The first-order valence-electron chi connectivity index (χ1n) is 6.46. The molecule has 2 aromatic rings. The maximum Gasteiger partial charge on any atom is 0.182 e. The van der Waals surface area contributed by atoms with Gasteiger partial charge in [0, 0.05) is 31.5 Å². The van der Waals surface area contributed by atoms with Crippen LogP contribution < -0.4 is 5.32 Å². The highest BCUT2D eigenvalue weighted by atomic mass is 16.3. The molecule has 5 nitrogen and oxygen atoms in total. The number of aliphatic hydroxyl groups excluding tert-OH is 1. The van der Waals surface area contributed by atoms with Crippen molar-refractivity contribution in [3.63, 3.8) is 0 Å². The van der Waals surface area contributed by atoms with Gasteiger partial charge in [0.2, 0.25) is 0 Å². The van der Waals surface area contributed by atoms with Crippen LogP contribution in [0.5, 0.6) is 0 Å². The number of nitrogens with one attached hydrogen (secondary N) is 1. The molecule has 102 valence electrons. The van der Waals surface area contributed by atoms with Gasteiger partial charge in [-0.2, -0.15) is 5.26 Å². The van der Waals surface area contributed by atoms with Gasteiger partial charge in [-0.15, -0.1) is 0 Å². The third-order valence-corrected chi connectivity index (χ3v) is 3.07. The van der Waals surface area contributed by atoms with Gasteiger partial charge in [0.15, 0.2) is 11.5 Å². The summed E-state index contributed by atoms with van der Waals surface area (Å²) in [7, 11) is 0. The molecule has 0 saturated heterocycles. The number of rotatable bonds is 6. The summed E-state index contributed by atoms with van der Waals surface area (Å²) in [5.41, 5.74) is 1.43. The predicted octanol–water partition coefficient (Wildman–Crippen LogP) is 1.93. The SMILES string of the molecule is N#Cc1nccnc1NCC(CCO)c1ccccc1. The molecule has 0 amide bonds. The number of anilines is 1. The molecule has 1 aromatic heterocycles. The smallest absolute Gasteiger partial charge is 0.182 e. The molecule has 0 aliphatic rings. The topological polar surface area (TPSA) is 81.8 Å². The van der Waals surface area contributed by atoms with Crippen LogP contribution in [-0.4, -0.2) is 28.2 Å². The molecule has 2 rings (SSSR count). The number of nitrogens with zero attached hydrogens (tertiary/aromatic N) is 3. The van der Waals surface area contributed by atoms with Crippen LogP contribution in [0.15, 0.2) is 42.7 Å². The molecule has 0 aliphatic heterocycles. The Balaban J connectivity index is 2.08. The number of benzene rings is 1. The molecule has 0 fully saturated rings. The minimum Gasteiger partial charge on any atom is -0.396 e. The van der Waals surface area contributed by atoms with E-state index in [9.17, 15) is 5.11 Å². The third-order valence-electron chi connectivity index (χ3n) is 3.07. The first-order chi connectivity index (χ1) is 9.85. The van der Waals surface area contributed by atoms with Crippen LogP contribution in [0.1, 0.15) is 23.6 Å². The van der Waals surface area contributed by atoms with E-state index in [1.807, 2.05) is 36.4 Å². The molecular weight excluding hydrogens is 252 g/mol. The molecule has 0 saturated carbocycles. The fraction of sp³-hybridized carbons (Fsp3) is 0.267. The molecule has 20 heavy (non-hydrogen) atoms. The van der Waals surface area contributed by atoms with Crippen molar-refractivity contribution in [1.29, 1.82) is 5.26 Å². The van der Waals surface area contributed by atoms with Crippen LogP contribution in [0, 0.1) is 11.3 Å². The minimum absolute atomic E-state index is 0.118. The summed E-state index contributed by atoms with van der Waals surface area (Å²) in [6.07, 6.45) is 3.69. The average Bonchev–Trinajstić information content (AvgIpc) is 2.52. The molecule has 0 spiro atoms. The summed E-state index contributed by atoms with van der Waals surface area (Å²) in [6.45, 7) is 0.713. The second-order valence-electron chi connectivity index (χ2n) is 4.37. The highest BCUT2D eigenvalue weighted by molar-refractivity contribution is 5.47. The van der Waals surface area contributed by atoms with Gasteiger partial charge in [-0.3, -0.25) is 0 Å². The Morgan fingerprint density at radius 2 is 1.95 bits per heavy atom. The Morgan fingerprint density at radius 3 is 2.65 bits per heavy atom. The monoisotopic (exact) mass is 268 g/mol. The Bertz CT molecular complexity index is 580. The first-order valence-corrected chi connectivity index (χ1v) is 6.46. The molecule has 0 aliphatic carbocycles. The van der Waals surface area contributed by atoms with Crippen molar-refractivity contribution < 1.29 is 5.11 Å².